The van der Waals surface area contributed by atoms with Crippen LogP contribution in [0.25, 0.3) is 11.0 Å². The molecule has 15 heavy (non-hydrogen) atoms. The van der Waals surface area contributed by atoms with E-state index in [2.05, 4.69) is 27.1 Å². The lowest BCUT2D eigenvalue weighted by Crippen LogP contribution is -2.08. The summed E-state index contributed by atoms with van der Waals surface area (Å²) in [5.74, 6) is 0. The molecule has 0 amide bonds. The van der Waals surface area contributed by atoms with Gasteiger partial charge in [-0.1, -0.05) is 6.07 Å². The van der Waals surface area contributed by atoms with Crippen molar-refractivity contribution in [3.63, 3.8) is 0 Å². The average Bonchev–Trinajstić information content (AvgIpc) is 2.63. The van der Waals surface area contributed by atoms with E-state index in [1.807, 2.05) is 31.1 Å². The Morgan fingerprint density at radius 3 is 2.87 bits per heavy atom. The number of hydrogen-bond acceptors (Lipinski definition) is 3. The van der Waals surface area contributed by atoms with Crippen molar-refractivity contribution in [1.29, 1.82) is 0 Å². The average molecular weight is 221 g/mol. The first-order valence-electron chi connectivity index (χ1n) is 4.66. The number of fused-ring (bicyclic) bond motifs is 1. The molecule has 0 saturated heterocycles. The minimum Gasteiger partial charge on any atom is -0.273 e. The third-order valence-electron chi connectivity index (χ3n) is 2.10. The van der Waals surface area contributed by atoms with E-state index in [1.165, 1.54) is 17.3 Å². The minimum atomic E-state index is 0.943. The minimum absolute atomic E-state index is 0.943. The summed E-state index contributed by atoms with van der Waals surface area (Å²) in [6.45, 7) is 2.06. The van der Waals surface area contributed by atoms with E-state index in [0.717, 1.165) is 16.7 Å². The van der Waals surface area contributed by atoms with Crippen LogP contribution in [-0.2, 0) is 0 Å². The molecule has 5 heteroatoms. The fourth-order valence-electron chi connectivity index (χ4n) is 1.33. The molecule has 2 aromatic rings. The third-order valence-corrected chi connectivity index (χ3v) is 2.65. The molecule has 0 aliphatic carbocycles. The van der Waals surface area contributed by atoms with Gasteiger partial charge in [0.2, 0.25) is 6.34 Å². The fraction of sp³-hybridized carbons (Fsp3) is 0.300. The highest BCUT2D eigenvalue weighted by Crippen LogP contribution is 2.24. The summed E-state index contributed by atoms with van der Waals surface area (Å²) in [6.07, 6.45) is 1.90. The molecule has 1 aromatic carbocycles. The van der Waals surface area contributed by atoms with E-state index in [4.69, 9.17) is 0 Å². The number of nitrogens with one attached hydrogen (secondary N) is 1. The number of aryl methyl sites for hydroxylation is 1. The summed E-state index contributed by atoms with van der Waals surface area (Å²) in [7, 11) is 3.95. The van der Waals surface area contributed by atoms with Crippen molar-refractivity contribution in [2.45, 2.75) is 6.92 Å². The number of hydrogen-bond donors (Lipinski definition) is 1. The Morgan fingerprint density at radius 1 is 1.33 bits per heavy atom. The molecule has 0 spiro atoms. The van der Waals surface area contributed by atoms with Crippen molar-refractivity contribution in [3.05, 3.63) is 17.7 Å². The second-order valence-corrected chi connectivity index (χ2v) is 4.15. The molecule has 0 aliphatic rings. The first-order valence-corrected chi connectivity index (χ1v) is 5.39. The summed E-state index contributed by atoms with van der Waals surface area (Å²) < 4.78 is 10.5. The van der Waals surface area contributed by atoms with Gasteiger partial charge in [-0.2, -0.15) is 8.75 Å². The van der Waals surface area contributed by atoms with E-state index in [-0.39, 0.29) is 0 Å². The van der Waals surface area contributed by atoms with Crippen molar-refractivity contribution >= 4 is 34.8 Å². The van der Waals surface area contributed by atoms with Gasteiger partial charge in [0, 0.05) is 0 Å². The summed E-state index contributed by atoms with van der Waals surface area (Å²) in [4.78, 5) is 0. The lowest BCUT2D eigenvalue weighted by atomic mass is 10.1. The maximum atomic E-state index is 4.29. The van der Waals surface area contributed by atoms with Gasteiger partial charge in [0.1, 0.15) is 5.52 Å². The molecule has 0 fully saturated rings. The molecular weight excluding hydrogens is 208 g/mol. The Kier molecular flexibility index (Phi) is 2.64. The zero-order valence-corrected chi connectivity index (χ0v) is 9.80. The quantitative estimate of drug-likeness (QED) is 0.477. The lowest BCUT2D eigenvalue weighted by molar-refractivity contribution is -0.459. The molecule has 2 rings (SSSR count). The Morgan fingerprint density at radius 2 is 2.13 bits per heavy atom. The van der Waals surface area contributed by atoms with Gasteiger partial charge in [-0.3, -0.25) is 4.58 Å². The van der Waals surface area contributed by atoms with Crippen LogP contribution in [0.1, 0.15) is 5.56 Å². The number of benzene rings is 1. The van der Waals surface area contributed by atoms with Crippen molar-refractivity contribution < 1.29 is 4.58 Å². The van der Waals surface area contributed by atoms with Gasteiger partial charge < -0.3 is 0 Å². The Balaban J connectivity index is 2.51. The van der Waals surface area contributed by atoms with E-state index in [1.54, 1.807) is 0 Å². The van der Waals surface area contributed by atoms with Crippen LogP contribution >= 0.6 is 11.7 Å². The van der Waals surface area contributed by atoms with Gasteiger partial charge in [0.05, 0.1) is 25.8 Å². The highest BCUT2D eigenvalue weighted by Gasteiger charge is 2.10. The second kappa shape index (κ2) is 3.94. The Hall–Kier alpha value is -1.49. The van der Waals surface area contributed by atoms with Gasteiger partial charge in [-0.15, -0.1) is 0 Å². The van der Waals surface area contributed by atoms with E-state index < -0.39 is 0 Å². The standard InChI is InChI=1S/C10H12N4S/c1-7-4-5-8-10(13-15-12-8)9(7)11-6-14(2)3/h4-6H,1-3H3/p+1. The number of nitrogens with zero attached hydrogens (tertiary/aromatic N) is 3. The molecule has 0 aliphatic heterocycles. The molecule has 0 atom stereocenters. The maximum Gasteiger partial charge on any atom is 0.236 e. The third kappa shape index (κ3) is 1.97. The lowest BCUT2D eigenvalue weighted by Gasteiger charge is -2.00. The van der Waals surface area contributed by atoms with Gasteiger partial charge >= 0.3 is 0 Å². The largest absolute Gasteiger partial charge is 0.273 e. The summed E-state index contributed by atoms with van der Waals surface area (Å²) in [5.41, 5.74) is 4.10. The normalized spacial score (nSPS) is 10.3. The van der Waals surface area contributed by atoms with Crippen LogP contribution in [0.3, 0.4) is 0 Å². The number of anilines is 1. The second-order valence-electron chi connectivity index (χ2n) is 3.63. The van der Waals surface area contributed by atoms with Crippen LogP contribution in [-0.4, -0.2) is 33.8 Å². The highest BCUT2D eigenvalue weighted by molar-refractivity contribution is 7.00. The summed E-state index contributed by atoms with van der Waals surface area (Å²) in [5, 5.41) is 3.25. The van der Waals surface area contributed by atoms with E-state index in [9.17, 15) is 0 Å². The predicted octanol–water partition coefficient (Wildman–Crippen LogP) is 1.71. The molecule has 1 N–H and O–H groups in total. The molecule has 0 saturated carbocycles. The van der Waals surface area contributed by atoms with Gasteiger partial charge in [0.25, 0.3) is 0 Å². The van der Waals surface area contributed by atoms with Crippen LogP contribution in [0.15, 0.2) is 12.1 Å². The Bertz CT molecular complexity index is 511. The first-order chi connectivity index (χ1) is 7.18. The molecule has 4 nitrogen and oxygen atoms in total. The zero-order chi connectivity index (χ0) is 10.8. The molecular formula is C10H13N4S+. The van der Waals surface area contributed by atoms with Gasteiger partial charge in [-0.25, -0.2) is 5.32 Å². The summed E-state index contributed by atoms with van der Waals surface area (Å²) >= 11 is 1.24. The fourth-order valence-corrected chi connectivity index (χ4v) is 1.87. The van der Waals surface area contributed by atoms with Crippen LogP contribution in [0.5, 0.6) is 0 Å². The van der Waals surface area contributed by atoms with Crippen LogP contribution in [0.2, 0.25) is 0 Å². The molecule has 1 aromatic heterocycles. The number of aromatic nitrogens is 2. The van der Waals surface area contributed by atoms with E-state index >= 15 is 0 Å². The topological polar surface area (TPSA) is 40.8 Å². The first kappa shape index (κ1) is 10.0. The highest BCUT2D eigenvalue weighted by atomic mass is 32.1. The van der Waals surface area contributed by atoms with Crippen molar-refractivity contribution in [2.75, 3.05) is 19.4 Å². The van der Waals surface area contributed by atoms with Crippen molar-refractivity contribution in [3.8, 4) is 0 Å². The molecule has 0 bridgehead atoms. The van der Waals surface area contributed by atoms with Crippen LogP contribution in [0.4, 0.5) is 5.69 Å². The zero-order valence-electron chi connectivity index (χ0n) is 8.98. The van der Waals surface area contributed by atoms with Crippen molar-refractivity contribution in [1.82, 2.24) is 8.75 Å². The summed E-state index contributed by atoms with van der Waals surface area (Å²) in [6, 6.07) is 4.05. The molecule has 78 valence electrons. The molecule has 0 radical (unpaired) electrons. The van der Waals surface area contributed by atoms with Crippen molar-refractivity contribution in [2.24, 2.45) is 0 Å². The monoisotopic (exact) mass is 221 g/mol. The van der Waals surface area contributed by atoms with E-state index in [0.29, 0.717) is 0 Å². The molecule has 1 heterocycles. The maximum absolute atomic E-state index is 4.29. The van der Waals surface area contributed by atoms with Gasteiger partial charge in [-0.05, 0) is 18.6 Å². The molecule has 0 unspecified atom stereocenters. The predicted molar refractivity (Wildman–Crippen MR) is 63.9 cm³/mol. The van der Waals surface area contributed by atoms with Gasteiger partial charge in [0.15, 0.2) is 11.2 Å². The van der Waals surface area contributed by atoms with Crippen LogP contribution < -0.4 is 5.32 Å². The SMILES string of the molecule is Cc1ccc2nsnc2c1NC=[N+](C)C. The smallest absolute Gasteiger partial charge is 0.236 e. The number of rotatable bonds is 2. The van der Waals surface area contributed by atoms with Crippen LogP contribution in [0, 0.1) is 6.92 Å². The Labute approximate surface area is 92.6 Å².